The lowest BCUT2D eigenvalue weighted by Gasteiger charge is -2.12. The Bertz CT molecular complexity index is 458. The predicted octanol–water partition coefficient (Wildman–Crippen LogP) is 3.50. The summed E-state index contributed by atoms with van der Waals surface area (Å²) in [5.74, 6) is 0.837. The molecule has 0 unspecified atom stereocenters. The van der Waals surface area contributed by atoms with Crippen LogP contribution in [0.1, 0.15) is 24.0 Å². The van der Waals surface area contributed by atoms with Crippen molar-refractivity contribution in [1.29, 1.82) is 5.26 Å². The van der Waals surface area contributed by atoms with E-state index < -0.39 is 0 Å². The van der Waals surface area contributed by atoms with Crippen molar-refractivity contribution in [2.75, 3.05) is 7.11 Å². The van der Waals surface area contributed by atoms with E-state index >= 15 is 0 Å². The first-order valence-electron chi connectivity index (χ1n) is 5.34. The van der Waals surface area contributed by atoms with Gasteiger partial charge in [0.15, 0.2) is 0 Å². The highest BCUT2D eigenvalue weighted by molar-refractivity contribution is 6.31. The van der Waals surface area contributed by atoms with Gasteiger partial charge in [-0.3, -0.25) is 0 Å². The smallest absolute Gasteiger partial charge is 0.122 e. The van der Waals surface area contributed by atoms with Gasteiger partial charge in [0.05, 0.1) is 18.6 Å². The topological polar surface area (TPSA) is 33.0 Å². The third-order valence-corrected chi connectivity index (χ3v) is 3.59. The number of aryl methyl sites for hydroxylation is 1. The Morgan fingerprint density at radius 2 is 2.19 bits per heavy atom. The van der Waals surface area contributed by atoms with Crippen molar-refractivity contribution in [2.45, 2.75) is 26.2 Å². The fraction of sp³-hybridized carbons (Fsp3) is 0.462. The maximum atomic E-state index is 9.08. The molecule has 1 aliphatic carbocycles. The highest BCUT2D eigenvalue weighted by Crippen LogP contribution is 2.49. The van der Waals surface area contributed by atoms with Crippen LogP contribution in [-0.4, -0.2) is 7.11 Å². The van der Waals surface area contributed by atoms with Crippen LogP contribution < -0.4 is 4.74 Å². The molecule has 0 heterocycles. The first kappa shape index (κ1) is 11.3. The van der Waals surface area contributed by atoms with Crippen molar-refractivity contribution in [1.82, 2.24) is 0 Å². The Balaban J connectivity index is 2.33. The third-order valence-electron chi connectivity index (χ3n) is 3.18. The largest absolute Gasteiger partial charge is 0.496 e. The molecule has 0 radical (unpaired) electrons. The number of methoxy groups -OCH3 is 1. The molecule has 0 aromatic heterocycles. The molecular formula is C13H14ClNO. The molecule has 1 aromatic carbocycles. The zero-order valence-corrected chi connectivity index (χ0v) is 10.3. The molecule has 84 valence electrons. The Morgan fingerprint density at radius 1 is 1.50 bits per heavy atom. The molecule has 3 heteroatoms. The maximum absolute atomic E-state index is 9.08. The van der Waals surface area contributed by atoms with E-state index in [9.17, 15) is 0 Å². The molecule has 1 aromatic rings. The fourth-order valence-corrected chi connectivity index (χ4v) is 2.05. The molecule has 0 saturated heterocycles. The molecular weight excluding hydrogens is 222 g/mol. The minimum atomic E-state index is -0.161. The Morgan fingerprint density at radius 3 is 2.69 bits per heavy atom. The molecule has 1 saturated carbocycles. The average molecular weight is 236 g/mol. The number of hydrogen-bond acceptors (Lipinski definition) is 2. The minimum Gasteiger partial charge on any atom is -0.496 e. The van der Waals surface area contributed by atoms with Crippen molar-refractivity contribution < 1.29 is 4.74 Å². The van der Waals surface area contributed by atoms with Crippen LogP contribution in [0.15, 0.2) is 12.1 Å². The van der Waals surface area contributed by atoms with E-state index in [1.54, 1.807) is 7.11 Å². The molecule has 2 rings (SSSR count). The van der Waals surface area contributed by atoms with Crippen LogP contribution >= 0.6 is 11.6 Å². The zero-order valence-electron chi connectivity index (χ0n) is 9.51. The summed E-state index contributed by atoms with van der Waals surface area (Å²) >= 11 is 6.10. The molecule has 1 fully saturated rings. The fourth-order valence-electron chi connectivity index (χ4n) is 1.87. The lowest BCUT2D eigenvalue weighted by molar-refractivity contribution is 0.406. The van der Waals surface area contributed by atoms with E-state index in [1.807, 2.05) is 19.1 Å². The second-order valence-corrected chi connectivity index (χ2v) is 4.89. The van der Waals surface area contributed by atoms with E-state index in [0.29, 0.717) is 0 Å². The number of benzene rings is 1. The van der Waals surface area contributed by atoms with E-state index in [4.69, 9.17) is 21.6 Å². The number of nitrogens with zero attached hydrogens (tertiary/aromatic N) is 1. The highest BCUT2D eigenvalue weighted by atomic mass is 35.5. The van der Waals surface area contributed by atoms with Gasteiger partial charge in [0, 0.05) is 5.02 Å². The second-order valence-electron chi connectivity index (χ2n) is 4.48. The molecule has 0 amide bonds. The molecule has 0 bridgehead atoms. The third kappa shape index (κ3) is 2.01. The first-order chi connectivity index (χ1) is 7.60. The molecule has 0 N–H and O–H groups in total. The monoisotopic (exact) mass is 235 g/mol. The quantitative estimate of drug-likeness (QED) is 0.803. The van der Waals surface area contributed by atoms with Gasteiger partial charge in [-0.2, -0.15) is 5.26 Å². The van der Waals surface area contributed by atoms with Crippen molar-refractivity contribution in [3.05, 3.63) is 28.3 Å². The van der Waals surface area contributed by atoms with Crippen LogP contribution in [0.3, 0.4) is 0 Å². The second kappa shape index (κ2) is 3.99. The molecule has 16 heavy (non-hydrogen) atoms. The summed E-state index contributed by atoms with van der Waals surface area (Å²) in [5, 5.41) is 9.82. The summed E-state index contributed by atoms with van der Waals surface area (Å²) in [5.41, 5.74) is 1.88. The standard InChI is InChI=1S/C13H14ClNO/c1-9-5-12(16-2)10(6-11(9)14)7-13(8-15)3-4-13/h5-6H,3-4,7H2,1-2H3. The number of rotatable bonds is 3. The summed E-state index contributed by atoms with van der Waals surface area (Å²) < 4.78 is 5.33. The Hall–Kier alpha value is -1.20. The summed E-state index contributed by atoms with van der Waals surface area (Å²) in [6.07, 6.45) is 2.71. The zero-order chi connectivity index (χ0) is 11.8. The van der Waals surface area contributed by atoms with Crippen molar-refractivity contribution in [3.63, 3.8) is 0 Å². The van der Waals surface area contributed by atoms with Crippen LogP contribution in [0.25, 0.3) is 0 Å². The number of hydrogen-bond donors (Lipinski definition) is 0. The predicted molar refractivity (Wildman–Crippen MR) is 63.7 cm³/mol. The van der Waals surface area contributed by atoms with Crippen LogP contribution in [0, 0.1) is 23.7 Å². The van der Waals surface area contributed by atoms with Gasteiger partial charge in [-0.1, -0.05) is 11.6 Å². The van der Waals surface area contributed by atoms with Crippen molar-refractivity contribution in [3.8, 4) is 11.8 Å². The summed E-state index contributed by atoms with van der Waals surface area (Å²) in [6.45, 7) is 1.95. The average Bonchev–Trinajstić information content (AvgIpc) is 3.04. The van der Waals surface area contributed by atoms with Crippen molar-refractivity contribution in [2.24, 2.45) is 5.41 Å². The van der Waals surface area contributed by atoms with E-state index in [0.717, 1.165) is 41.2 Å². The van der Waals surface area contributed by atoms with Crippen molar-refractivity contribution >= 4 is 11.6 Å². The normalized spacial score (nSPS) is 16.6. The molecule has 0 atom stereocenters. The molecule has 0 aliphatic heterocycles. The molecule has 0 spiro atoms. The Kier molecular flexibility index (Phi) is 2.82. The van der Waals surface area contributed by atoms with Gasteiger partial charge < -0.3 is 4.74 Å². The first-order valence-corrected chi connectivity index (χ1v) is 5.72. The van der Waals surface area contributed by atoms with Gasteiger partial charge in [-0.05, 0) is 49.4 Å². The van der Waals surface area contributed by atoms with Gasteiger partial charge in [0.2, 0.25) is 0 Å². The highest BCUT2D eigenvalue weighted by Gasteiger charge is 2.43. The van der Waals surface area contributed by atoms with Crippen LogP contribution in [0.4, 0.5) is 0 Å². The van der Waals surface area contributed by atoms with Crippen LogP contribution in [0.5, 0.6) is 5.75 Å². The van der Waals surface area contributed by atoms with Gasteiger partial charge in [0.25, 0.3) is 0 Å². The minimum absolute atomic E-state index is 0.161. The van der Waals surface area contributed by atoms with Gasteiger partial charge in [0.1, 0.15) is 5.75 Å². The van der Waals surface area contributed by atoms with E-state index in [1.165, 1.54) is 0 Å². The number of ether oxygens (including phenoxy) is 1. The summed E-state index contributed by atoms with van der Waals surface area (Å²) in [7, 11) is 1.65. The van der Waals surface area contributed by atoms with Gasteiger partial charge >= 0.3 is 0 Å². The molecule has 1 aliphatic rings. The van der Waals surface area contributed by atoms with Crippen LogP contribution in [-0.2, 0) is 6.42 Å². The summed E-state index contributed by atoms with van der Waals surface area (Å²) in [6, 6.07) is 6.25. The lowest BCUT2D eigenvalue weighted by atomic mass is 9.96. The van der Waals surface area contributed by atoms with Crippen LogP contribution in [0.2, 0.25) is 5.02 Å². The van der Waals surface area contributed by atoms with E-state index in [2.05, 4.69) is 6.07 Å². The molecule has 2 nitrogen and oxygen atoms in total. The lowest BCUT2D eigenvalue weighted by Crippen LogP contribution is -2.04. The number of halogens is 1. The van der Waals surface area contributed by atoms with Gasteiger partial charge in [-0.15, -0.1) is 0 Å². The number of nitriles is 1. The Labute approximate surface area is 101 Å². The maximum Gasteiger partial charge on any atom is 0.122 e. The summed E-state index contributed by atoms with van der Waals surface area (Å²) in [4.78, 5) is 0. The van der Waals surface area contributed by atoms with Gasteiger partial charge in [-0.25, -0.2) is 0 Å². The SMILES string of the molecule is COc1cc(C)c(Cl)cc1CC1(C#N)CC1. The van der Waals surface area contributed by atoms with E-state index in [-0.39, 0.29) is 5.41 Å².